The fourth-order valence-corrected chi connectivity index (χ4v) is 1.83. The third-order valence-electron chi connectivity index (χ3n) is 3.09. The Morgan fingerprint density at radius 2 is 1.18 bits per heavy atom. The first-order chi connectivity index (χ1) is 10.6. The van der Waals surface area contributed by atoms with Crippen molar-refractivity contribution in [1.82, 2.24) is 0 Å². The van der Waals surface area contributed by atoms with Crippen molar-refractivity contribution >= 4 is 11.6 Å². The maximum absolute atomic E-state index is 14.1. The van der Waals surface area contributed by atoms with Crippen LogP contribution in [0.1, 0.15) is 15.9 Å². The molecule has 0 bridgehead atoms. The Labute approximate surface area is 126 Å². The lowest BCUT2D eigenvalue weighted by Gasteiger charge is -2.04. The summed E-state index contributed by atoms with van der Waals surface area (Å²) < 4.78 is 38.0. The van der Waals surface area contributed by atoms with E-state index in [0.29, 0.717) is 11.5 Å². The van der Waals surface area contributed by atoms with Crippen LogP contribution < -0.4 is 9.47 Å². The van der Waals surface area contributed by atoms with Crippen molar-refractivity contribution in [2.75, 3.05) is 14.2 Å². The van der Waals surface area contributed by atoms with Crippen LogP contribution in [0.15, 0.2) is 54.4 Å². The fourth-order valence-electron chi connectivity index (χ4n) is 1.83. The Kier molecular flexibility index (Phi) is 4.88. The minimum atomic E-state index is -1.43. The number of Topliss-reactive ketones (excluding diaryl/α,β-unsaturated/α-hetero) is 1. The van der Waals surface area contributed by atoms with Gasteiger partial charge < -0.3 is 9.47 Å². The van der Waals surface area contributed by atoms with E-state index in [2.05, 4.69) is 0 Å². The smallest absolute Gasteiger partial charge is 0.224 e. The topological polar surface area (TPSA) is 35.5 Å². The zero-order valence-electron chi connectivity index (χ0n) is 12.1. The van der Waals surface area contributed by atoms with Gasteiger partial charge in [-0.15, -0.1) is 0 Å². The van der Waals surface area contributed by atoms with Gasteiger partial charge in [0.1, 0.15) is 11.5 Å². The predicted molar refractivity (Wildman–Crippen MR) is 79.5 cm³/mol. The predicted octanol–water partition coefficient (Wildman–Crippen LogP) is 4.19. The number of allylic oxidation sites excluding steroid dienone is 1. The summed E-state index contributed by atoms with van der Waals surface area (Å²) >= 11 is 0. The van der Waals surface area contributed by atoms with E-state index in [1.54, 1.807) is 0 Å². The van der Waals surface area contributed by atoms with Crippen molar-refractivity contribution in [2.45, 2.75) is 0 Å². The van der Waals surface area contributed by atoms with Gasteiger partial charge in [-0.3, -0.25) is 4.79 Å². The zero-order chi connectivity index (χ0) is 16.1. The molecule has 0 N–H and O–H groups in total. The lowest BCUT2D eigenvalue weighted by Crippen LogP contribution is -2.01. The number of hydrogen-bond donors (Lipinski definition) is 0. The second-order valence-corrected chi connectivity index (χ2v) is 4.41. The minimum absolute atomic E-state index is 0.0276. The molecule has 0 unspecified atom stereocenters. The van der Waals surface area contributed by atoms with Gasteiger partial charge in [-0.2, -0.15) is 4.39 Å². The van der Waals surface area contributed by atoms with Crippen LogP contribution >= 0.6 is 0 Å². The van der Waals surface area contributed by atoms with Crippen LogP contribution in [-0.2, 0) is 0 Å². The summed E-state index contributed by atoms with van der Waals surface area (Å²) in [5, 5.41) is 0. The molecule has 0 aliphatic heterocycles. The van der Waals surface area contributed by atoms with Crippen LogP contribution in [0.3, 0.4) is 0 Å². The third kappa shape index (κ3) is 3.31. The van der Waals surface area contributed by atoms with E-state index < -0.39 is 17.4 Å². The highest BCUT2D eigenvalue weighted by atomic mass is 19.2. The van der Waals surface area contributed by atoms with E-state index in [1.165, 1.54) is 62.8 Å². The summed E-state index contributed by atoms with van der Waals surface area (Å²) in [5.41, 5.74) is 0.0159. The lowest BCUT2D eigenvalue weighted by molar-refractivity contribution is 0.100. The van der Waals surface area contributed by atoms with Gasteiger partial charge in [0.2, 0.25) is 11.6 Å². The number of hydrogen-bond acceptors (Lipinski definition) is 3. The average Bonchev–Trinajstić information content (AvgIpc) is 2.60. The molecule has 114 valence electrons. The van der Waals surface area contributed by atoms with Crippen molar-refractivity contribution in [2.24, 2.45) is 0 Å². The number of methoxy groups -OCH3 is 2. The summed E-state index contributed by atoms with van der Waals surface area (Å²) in [6, 6.07) is 11.4. The van der Waals surface area contributed by atoms with Gasteiger partial charge in [-0.05, 0) is 48.5 Å². The third-order valence-corrected chi connectivity index (χ3v) is 3.09. The number of rotatable bonds is 5. The van der Waals surface area contributed by atoms with Crippen LogP contribution in [0.5, 0.6) is 11.5 Å². The van der Waals surface area contributed by atoms with E-state index >= 15 is 0 Å². The van der Waals surface area contributed by atoms with E-state index in [-0.39, 0.29) is 11.1 Å². The molecule has 0 saturated heterocycles. The standard InChI is InChI=1S/C17H14F2O3/c1-21-13-7-3-11(4-8-13)15(18)16(19)17(20)12-5-9-14(22-2)10-6-12/h3-10H,1-2H3. The summed E-state index contributed by atoms with van der Waals surface area (Å²) in [5.74, 6) is -2.62. The largest absolute Gasteiger partial charge is 0.497 e. The monoisotopic (exact) mass is 304 g/mol. The van der Waals surface area contributed by atoms with Crippen LogP contribution in [0.4, 0.5) is 8.78 Å². The number of carbonyl (C=O) groups is 1. The molecule has 0 aliphatic carbocycles. The summed E-state index contributed by atoms with van der Waals surface area (Å²) in [4.78, 5) is 11.9. The molecule has 2 aromatic carbocycles. The zero-order valence-corrected chi connectivity index (χ0v) is 12.1. The molecule has 3 nitrogen and oxygen atoms in total. The summed E-state index contributed by atoms with van der Waals surface area (Å²) in [6.07, 6.45) is 0. The van der Waals surface area contributed by atoms with Gasteiger partial charge in [-0.25, -0.2) is 4.39 Å². The molecule has 22 heavy (non-hydrogen) atoms. The minimum Gasteiger partial charge on any atom is -0.497 e. The van der Waals surface area contributed by atoms with Gasteiger partial charge in [0.25, 0.3) is 0 Å². The molecule has 0 spiro atoms. The highest BCUT2D eigenvalue weighted by Crippen LogP contribution is 2.26. The average molecular weight is 304 g/mol. The van der Waals surface area contributed by atoms with Gasteiger partial charge in [0.05, 0.1) is 14.2 Å². The van der Waals surface area contributed by atoms with E-state index in [9.17, 15) is 13.6 Å². The normalized spacial score (nSPS) is 11.6. The van der Waals surface area contributed by atoms with Crippen molar-refractivity contribution < 1.29 is 23.0 Å². The Hall–Kier alpha value is -2.69. The summed E-state index contributed by atoms with van der Waals surface area (Å²) in [7, 11) is 2.94. The second kappa shape index (κ2) is 6.85. The quantitative estimate of drug-likeness (QED) is 0.613. The Balaban J connectivity index is 2.29. The molecule has 2 aromatic rings. The Morgan fingerprint density at radius 1 is 0.773 bits per heavy atom. The molecular weight excluding hydrogens is 290 g/mol. The molecule has 0 radical (unpaired) electrons. The Morgan fingerprint density at radius 3 is 1.59 bits per heavy atom. The van der Waals surface area contributed by atoms with E-state index in [1.807, 2.05) is 0 Å². The number of benzene rings is 2. The summed E-state index contributed by atoms with van der Waals surface area (Å²) in [6.45, 7) is 0. The fraction of sp³-hybridized carbons (Fsp3) is 0.118. The van der Waals surface area contributed by atoms with E-state index in [0.717, 1.165) is 0 Å². The molecule has 0 amide bonds. The molecule has 0 aliphatic rings. The SMILES string of the molecule is COc1ccc(C(=O)C(F)=C(F)c2ccc(OC)cc2)cc1. The van der Waals surface area contributed by atoms with Crippen molar-refractivity contribution in [3.8, 4) is 11.5 Å². The molecule has 2 rings (SSSR count). The number of carbonyl (C=O) groups excluding carboxylic acids is 1. The van der Waals surface area contributed by atoms with Gasteiger partial charge in [-0.1, -0.05) is 0 Å². The van der Waals surface area contributed by atoms with Crippen LogP contribution in [0.25, 0.3) is 5.83 Å². The lowest BCUT2D eigenvalue weighted by atomic mass is 10.1. The Bertz CT molecular complexity index is 689. The molecule has 0 atom stereocenters. The van der Waals surface area contributed by atoms with Gasteiger partial charge >= 0.3 is 0 Å². The molecule has 0 fully saturated rings. The maximum atomic E-state index is 14.1. The molecular formula is C17H14F2O3. The maximum Gasteiger partial charge on any atom is 0.224 e. The first kappa shape index (κ1) is 15.7. The second-order valence-electron chi connectivity index (χ2n) is 4.41. The van der Waals surface area contributed by atoms with Gasteiger partial charge in [0.15, 0.2) is 5.83 Å². The number of ketones is 1. The highest BCUT2D eigenvalue weighted by Gasteiger charge is 2.19. The van der Waals surface area contributed by atoms with E-state index in [4.69, 9.17) is 9.47 Å². The van der Waals surface area contributed by atoms with Crippen molar-refractivity contribution in [3.05, 3.63) is 65.5 Å². The van der Waals surface area contributed by atoms with Crippen LogP contribution in [0, 0.1) is 0 Å². The van der Waals surface area contributed by atoms with Crippen LogP contribution in [-0.4, -0.2) is 20.0 Å². The number of halogens is 2. The molecule has 0 aromatic heterocycles. The first-order valence-corrected chi connectivity index (χ1v) is 6.45. The van der Waals surface area contributed by atoms with Crippen molar-refractivity contribution in [1.29, 1.82) is 0 Å². The highest BCUT2D eigenvalue weighted by molar-refractivity contribution is 6.10. The molecule has 5 heteroatoms. The van der Waals surface area contributed by atoms with Gasteiger partial charge in [0, 0.05) is 11.1 Å². The molecule has 0 heterocycles. The van der Waals surface area contributed by atoms with Crippen molar-refractivity contribution in [3.63, 3.8) is 0 Å². The van der Waals surface area contributed by atoms with Crippen LogP contribution in [0.2, 0.25) is 0 Å². The molecule has 0 saturated carbocycles. The first-order valence-electron chi connectivity index (χ1n) is 6.45. The number of ether oxygens (including phenoxy) is 2.